The predicted octanol–water partition coefficient (Wildman–Crippen LogP) is 2.66. The third kappa shape index (κ3) is 3.86. The van der Waals surface area contributed by atoms with Gasteiger partial charge in [-0.05, 0) is 32.2 Å². The first-order valence-electron chi connectivity index (χ1n) is 8.16. The molecule has 0 aliphatic carbocycles. The number of anilines is 1. The molecule has 0 spiro atoms. The van der Waals surface area contributed by atoms with E-state index in [-0.39, 0.29) is 18.2 Å². The zero-order chi connectivity index (χ0) is 18.5. The number of benzene rings is 1. The Balaban J connectivity index is 0.00000210. The van der Waals surface area contributed by atoms with Crippen LogP contribution in [0, 0.1) is 6.92 Å². The number of rotatable bonds is 2. The molecular weight excluding hydrogens is 385 g/mol. The van der Waals surface area contributed by atoms with Crippen LogP contribution in [0.5, 0.6) is 5.75 Å². The summed E-state index contributed by atoms with van der Waals surface area (Å²) in [6, 6.07) is 4.07. The van der Waals surface area contributed by atoms with Crippen LogP contribution in [0.1, 0.15) is 5.82 Å². The number of aryl methyl sites for hydroxylation is 1. The van der Waals surface area contributed by atoms with Gasteiger partial charge in [0.15, 0.2) is 5.65 Å². The minimum atomic E-state index is -4.75. The van der Waals surface area contributed by atoms with Crippen LogP contribution in [0.25, 0.3) is 16.6 Å². The van der Waals surface area contributed by atoms with Gasteiger partial charge in [0.2, 0.25) is 5.95 Å². The number of alkyl halides is 3. The molecule has 1 aliphatic rings. The third-order valence-electron chi connectivity index (χ3n) is 4.35. The molecule has 2 aromatic heterocycles. The SMILES string of the molecule is Cc1nc2c3cc(OC(F)(F)F)ccc3nc(N3CCN(C)CC3)n2n1.Cl. The maximum Gasteiger partial charge on any atom is 0.573 e. The van der Waals surface area contributed by atoms with Crippen molar-refractivity contribution in [3.05, 3.63) is 24.0 Å². The summed E-state index contributed by atoms with van der Waals surface area (Å²) in [4.78, 5) is 13.4. The van der Waals surface area contributed by atoms with Gasteiger partial charge in [0.05, 0.1) is 5.52 Å². The zero-order valence-electron chi connectivity index (χ0n) is 14.7. The number of likely N-dealkylation sites (N-methyl/N-ethyl adjacent to an activating group) is 1. The molecule has 0 unspecified atom stereocenters. The smallest absolute Gasteiger partial charge is 0.406 e. The number of hydrogen-bond acceptors (Lipinski definition) is 6. The normalized spacial score (nSPS) is 16.0. The third-order valence-corrected chi connectivity index (χ3v) is 4.35. The Labute approximate surface area is 159 Å². The fourth-order valence-electron chi connectivity index (χ4n) is 3.08. The van der Waals surface area contributed by atoms with Crippen LogP contribution in [0.4, 0.5) is 19.1 Å². The van der Waals surface area contributed by atoms with Crippen molar-refractivity contribution < 1.29 is 17.9 Å². The Morgan fingerprint density at radius 3 is 2.44 bits per heavy atom. The van der Waals surface area contributed by atoms with Crippen LogP contribution in [0.2, 0.25) is 0 Å². The average Bonchev–Trinajstić information content (AvgIpc) is 2.95. The van der Waals surface area contributed by atoms with Gasteiger partial charge in [0.25, 0.3) is 0 Å². The number of halogens is 4. The Kier molecular flexibility index (Phi) is 5.04. The maximum atomic E-state index is 12.5. The lowest BCUT2D eigenvalue weighted by Crippen LogP contribution is -2.45. The van der Waals surface area contributed by atoms with Gasteiger partial charge in [0.1, 0.15) is 11.6 Å². The molecule has 11 heteroatoms. The summed E-state index contributed by atoms with van der Waals surface area (Å²) in [5, 5.41) is 4.85. The first kappa shape index (κ1) is 19.4. The quantitative estimate of drug-likeness (QED) is 0.657. The van der Waals surface area contributed by atoms with Crippen molar-refractivity contribution in [1.29, 1.82) is 0 Å². The van der Waals surface area contributed by atoms with Gasteiger partial charge < -0.3 is 14.5 Å². The van der Waals surface area contributed by atoms with E-state index in [9.17, 15) is 13.2 Å². The highest BCUT2D eigenvalue weighted by atomic mass is 35.5. The number of nitrogens with zero attached hydrogens (tertiary/aromatic N) is 6. The summed E-state index contributed by atoms with van der Waals surface area (Å²) in [6.45, 7) is 5.11. The van der Waals surface area contributed by atoms with Crippen LogP contribution in [0.15, 0.2) is 18.2 Å². The first-order valence-corrected chi connectivity index (χ1v) is 8.16. The molecule has 146 valence electrons. The Bertz CT molecular complexity index is 968. The van der Waals surface area contributed by atoms with E-state index in [0.717, 1.165) is 26.2 Å². The van der Waals surface area contributed by atoms with E-state index < -0.39 is 6.36 Å². The molecule has 7 nitrogen and oxygen atoms in total. The second-order valence-corrected chi connectivity index (χ2v) is 6.32. The van der Waals surface area contributed by atoms with Gasteiger partial charge in [-0.2, -0.15) is 4.52 Å². The van der Waals surface area contributed by atoms with Crippen molar-refractivity contribution >= 4 is 34.9 Å². The predicted molar refractivity (Wildman–Crippen MR) is 96.7 cm³/mol. The van der Waals surface area contributed by atoms with Crippen LogP contribution in [-0.4, -0.2) is 64.1 Å². The van der Waals surface area contributed by atoms with E-state index in [1.54, 1.807) is 11.4 Å². The van der Waals surface area contributed by atoms with Crippen molar-refractivity contribution in [3.8, 4) is 5.75 Å². The maximum absolute atomic E-state index is 12.5. The molecule has 0 atom stereocenters. The Morgan fingerprint density at radius 1 is 1.07 bits per heavy atom. The summed E-state index contributed by atoms with van der Waals surface area (Å²) < 4.78 is 43.2. The lowest BCUT2D eigenvalue weighted by Gasteiger charge is -2.33. The van der Waals surface area contributed by atoms with Gasteiger partial charge in [0, 0.05) is 31.6 Å². The second-order valence-electron chi connectivity index (χ2n) is 6.32. The molecule has 1 saturated heterocycles. The highest BCUT2D eigenvalue weighted by Gasteiger charge is 2.31. The number of aromatic nitrogens is 4. The van der Waals surface area contributed by atoms with E-state index >= 15 is 0 Å². The molecule has 27 heavy (non-hydrogen) atoms. The number of ether oxygens (including phenoxy) is 1. The lowest BCUT2D eigenvalue weighted by molar-refractivity contribution is -0.274. The van der Waals surface area contributed by atoms with Crippen molar-refractivity contribution in [2.24, 2.45) is 0 Å². The van der Waals surface area contributed by atoms with E-state index in [1.807, 2.05) is 0 Å². The van der Waals surface area contributed by atoms with Gasteiger partial charge in [-0.25, -0.2) is 9.97 Å². The summed E-state index contributed by atoms with van der Waals surface area (Å²) in [7, 11) is 2.06. The van der Waals surface area contributed by atoms with Crippen LogP contribution in [0.3, 0.4) is 0 Å². The summed E-state index contributed by atoms with van der Waals surface area (Å²) >= 11 is 0. The summed E-state index contributed by atoms with van der Waals surface area (Å²) in [5.74, 6) is 0.865. The first-order chi connectivity index (χ1) is 12.3. The largest absolute Gasteiger partial charge is 0.573 e. The highest BCUT2D eigenvalue weighted by molar-refractivity contribution is 5.93. The minimum Gasteiger partial charge on any atom is -0.406 e. The average molecular weight is 403 g/mol. The second kappa shape index (κ2) is 7.01. The summed E-state index contributed by atoms with van der Waals surface area (Å²) in [6.07, 6.45) is -4.75. The molecule has 1 fully saturated rings. The van der Waals surface area contributed by atoms with E-state index in [4.69, 9.17) is 0 Å². The number of fused-ring (bicyclic) bond motifs is 3. The van der Waals surface area contributed by atoms with Crippen LogP contribution in [-0.2, 0) is 0 Å². The molecule has 0 saturated carbocycles. The molecule has 3 heterocycles. The van der Waals surface area contributed by atoms with E-state index in [0.29, 0.717) is 28.3 Å². The molecule has 1 aliphatic heterocycles. The van der Waals surface area contributed by atoms with Gasteiger partial charge >= 0.3 is 6.36 Å². The number of piperazine rings is 1. The Morgan fingerprint density at radius 2 is 1.78 bits per heavy atom. The van der Waals surface area contributed by atoms with Crippen molar-refractivity contribution in [2.75, 3.05) is 38.1 Å². The fraction of sp³-hybridized carbons (Fsp3) is 0.438. The molecule has 3 aromatic rings. The minimum absolute atomic E-state index is 0. The monoisotopic (exact) mass is 402 g/mol. The van der Waals surface area contributed by atoms with Crippen molar-refractivity contribution in [2.45, 2.75) is 13.3 Å². The highest BCUT2D eigenvalue weighted by Crippen LogP contribution is 2.29. The fourth-order valence-corrected chi connectivity index (χ4v) is 3.08. The molecule has 0 N–H and O–H groups in total. The topological polar surface area (TPSA) is 58.8 Å². The molecular formula is C16H18ClF3N6O. The molecule has 4 rings (SSSR count). The van der Waals surface area contributed by atoms with Gasteiger partial charge in [-0.15, -0.1) is 30.7 Å². The molecule has 0 radical (unpaired) electrons. The van der Waals surface area contributed by atoms with E-state index in [1.165, 1.54) is 18.2 Å². The standard InChI is InChI=1S/C16H17F3N6O.ClH/c1-10-20-14-12-9-11(26-16(17,18)19)3-4-13(12)21-15(25(14)22-10)24-7-5-23(2)6-8-24;/h3-4,9H,5-8H2,1-2H3;1H. The Hall–Kier alpha value is -2.33. The van der Waals surface area contributed by atoms with Crippen molar-refractivity contribution in [1.82, 2.24) is 24.5 Å². The van der Waals surface area contributed by atoms with Crippen molar-refractivity contribution in [3.63, 3.8) is 0 Å². The molecule has 0 bridgehead atoms. The van der Waals surface area contributed by atoms with Crippen LogP contribution < -0.4 is 9.64 Å². The lowest BCUT2D eigenvalue weighted by atomic mass is 10.2. The molecule has 1 aromatic carbocycles. The van der Waals surface area contributed by atoms with E-state index in [2.05, 4.69) is 36.7 Å². The summed E-state index contributed by atoms with van der Waals surface area (Å²) in [5.41, 5.74) is 1.02. The van der Waals surface area contributed by atoms with Gasteiger partial charge in [-0.1, -0.05) is 0 Å². The van der Waals surface area contributed by atoms with Gasteiger partial charge in [-0.3, -0.25) is 0 Å². The zero-order valence-corrected chi connectivity index (χ0v) is 15.5. The number of hydrogen-bond donors (Lipinski definition) is 0. The molecule has 0 amide bonds. The van der Waals surface area contributed by atoms with Crippen LogP contribution >= 0.6 is 12.4 Å².